The number of carbonyl (C=O) groups is 1. The van der Waals surface area contributed by atoms with Gasteiger partial charge in [0.05, 0.1) is 12.1 Å². The maximum Gasteiger partial charge on any atom is 0.274 e. The number of hydrogen-bond acceptors (Lipinski definition) is 3. The van der Waals surface area contributed by atoms with E-state index in [0.717, 1.165) is 5.75 Å². The lowest BCUT2D eigenvalue weighted by Crippen LogP contribution is -2.31. The van der Waals surface area contributed by atoms with E-state index in [2.05, 4.69) is 10.2 Å². The van der Waals surface area contributed by atoms with E-state index >= 15 is 0 Å². The van der Waals surface area contributed by atoms with Crippen LogP contribution in [-0.2, 0) is 0 Å². The van der Waals surface area contributed by atoms with E-state index in [4.69, 9.17) is 4.74 Å². The van der Waals surface area contributed by atoms with Crippen LogP contribution in [0.3, 0.4) is 0 Å². The molecule has 0 aliphatic carbocycles. The normalized spacial score (nSPS) is 10.7. The van der Waals surface area contributed by atoms with E-state index in [1.165, 1.54) is 17.0 Å². The number of nitrogens with zero attached hydrogens (tertiary/aromatic N) is 2. The average Bonchev–Trinajstić information content (AvgIpc) is 2.98. The quantitative estimate of drug-likeness (QED) is 0.788. The lowest BCUT2D eigenvalue weighted by atomic mass is 10.2. The highest BCUT2D eigenvalue weighted by atomic mass is 19.1. The summed E-state index contributed by atoms with van der Waals surface area (Å²) >= 11 is 0. The molecule has 0 saturated carbocycles. The zero-order valence-corrected chi connectivity index (χ0v) is 12.6. The Bertz CT molecular complexity index is 817. The van der Waals surface area contributed by atoms with Gasteiger partial charge >= 0.3 is 0 Å². The maximum atomic E-state index is 13.4. The Morgan fingerprint density at radius 3 is 2.83 bits per heavy atom. The summed E-state index contributed by atoms with van der Waals surface area (Å²) in [6, 6.07) is 13.6. The molecule has 3 rings (SSSR count). The lowest BCUT2D eigenvalue weighted by Gasteiger charge is -2.16. The molecule has 1 heterocycles. The van der Waals surface area contributed by atoms with Crippen LogP contribution in [0.4, 0.5) is 4.39 Å². The van der Waals surface area contributed by atoms with Crippen molar-refractivity contribution >= 4 is 16.8 Å². The van der Waals surface area contributed by atoms with Crippen LogP contribution in [0, 0.1) is 5.82 Å². The van der Waals surface area contributed by atoms with Crippen molar-refractivity contribution in [1.82, 2.24) is 15.1 Å². The molecule has 0 spiro atoms. The molecule has 0 unspecified atom stereocenters. The van der Waals surface area contributed by atoms with E-state index in [-0.39, 0.29) is 11.6 Å². The van der Waals surface area contributed by atoms with Crippen LogP contribution in [0.1, 0.15) is 10.5 Å². The molecule has 0 saturated heterocycles. The van der Waals surface area contributed by atoms with Gasteiger partial charge in [-0.05, 0) is 30.3 Å². The minimum Gasteiger partial charge on any atom is -0.492 e. The van der Waals surface area contributed by atoms with Crippen molar-refractivity contribution in [3.05, 3.63) is 60.0 Å². The third-order valence-electron chi connectivity index (χ3n) is 3.51. The van der Waals surface area contributed by atoms with Crippen molar-refractivity contribution in [1.29, 1.82) is 0 Å². The fraction of sp³-hybridized carbons (Fsp3) is 0.176. The molecule has 23 heavy (non-hydrogen) atoms. The second kappa shape index (κ2) is 6.48. The van der Waals surface area contributed by atoms with Gasteiger partial charge in [0.15, 0.2) is 5.69 Å². The molecule has 5 nitrogen and oxygen atoms in total. The van der Waals surface area contributed by atoms with Gasteiger partial charge in [0.2, 0.25) is 0 Å². The molecule has 0 aliphatic rings. The summed E-state index contributed by atoms with van der Waals surface area (Å²) in [5, 5.41) is 7.22. The van der Waals surface area contributed by atoms with Crippen molar-refractivity contribution in [2.45, 2.75) is 0 Å². The van der Waals surface area contributed by atoms with Crippen LogP contribution in [0.2, 0.25) is 0 Å². The van der Waals surface area contributed by atoms with Gasteiger partial charge in [0, 0.05) is 12.4 Å². The third-order valence-corrected chi connectivity index (χ3v) is 3.51. The number of aromatic nitrogens is 2. The molecule has 0 atom stereocenters. The molecule has 2 aromatic carbocycles. The minimum absolute atomic E-state index is 0.210. The molecule has 6 heteroatoms. The highest BCUT2D eigenvalue weighted by Gasteiger charge is 2.18. The van der Waals surface area contributed by atoms with Crippen molar-refractivity contribution < 1.29 is 13.9 Å². The summed E-state index contributed by atoms with van der Waals surface area (Å²) in [7, 11) is 1.66. The monoisotopic (exact) mass is 313 g/mol. The number of para-hydroxylation sites is 1. The summed E-state index contributed by atoms with van der Waals surface area (Å²) in [4.78, 5) is 13.9. The van der Waals surface area contributed by atoms with Crippen LogP contribution >= 0.6 is 0 Å². The minimum atomic E-state index is -0.400. The number of benzene rings is 2. The van der Waals surface area contributed by atoms with Gasteiger partial charge < -0.3 is 9.64 Å². The number of ether oxygens (including phenoxy) is 1. The molecule has 1 aromatic heterocycles. The zero-order chi connectivity index (χ0) is 16.2. The van der Waals surface area contributed by atoms with Crippen LogP contribution < -0.4 is 4.74 Å². The first kappa shape index (κ1) is 15.0. The number of fused-ring (bicyclic) bond motifs is 1. The smallest absolute Gasteiger partial charge is 0.274 e. The first-order valence-electron chi connectivity index (χ1n) is 7.22. The topological polar surface area (TPSA) is 58.2 Å². The van der Waals surface area contributed by atoms with E-state index in [1.807, 2.05) is 30.3 Å². The van der Waals surface area contributed by atoms with Gasteiger partial charge in [0.25, 0.3) is 5.91 Å². The van der Waals surface area contributed by atoms with Crippen molar-refractivity contribution in [3.8, 4) is 5.75 Å². The molecule has 1 amide bonds. The summed E-state index contributed by atoms with van der Waals surface area (Å²) in [6.07, 6.45) is 0. The Balaban J connectivity index is 1.65. The Kier molecular flexibility index (Phi) is 4.23. The number of hydrogen-bond donors (Lipinski definition) is 1. The average molecular weight is 313 g/mol. The molecule has 1 N–H and O–H groups in total. The van der Waals surface area contributed by atoms with Gasteiger partial charge in [-0.3, -0.25) is 9.89 Å². The Morgan fingerprint density at radius 2 is 2.04 bits per heavy atom. The lowest BCUT2D eigenvalue weighted by molar-refractivity contribution is 0.0770. The Hall–Kier alpha value is -2.89. The predicted molar refractivity (Wildman–Crippen MR) is 84.9 cm³/mol. The molecule has 0 aliphatic heterocycles. The molecular formula is C17H16FN3O2. The molecule has 3 aromatic rings. The van der Waals surface area contributed by atoms with E-state index in [9.17, 15) is 9.18 Å². The molecule has 0 fully saturated rings. The van der Waals surface area contributed by atoms with Gasteiger partial charge in [-0.1, -0.05) is 18.2 Å². The molecule has 118 valence electrons. The zero-order valence-electron chi connectivity index (χ0n) is 12.6. The molecular weight excluding hydrogens is 297 g/mol. The number of carbonyl (C=O) groups excluding carboxylic acids is 1. The van der Waals surface area contributed by atoms with Gasteiger partial charge in [0.1, 0.15) is 18.2 Å². The standard InChI is InChI=1S/C17H16FN3O2/c1-21(9-10-23-13-5-3-2-4-6-13)17(22)16-14-11-12(18)7-8-15(14)19-20-16/h2-8,11H,9-10H2,1H3,(H,19,20). The van der Waals surface area contributed by atoms with E-state index < -0.39 is 5.82 Å². The highest BCUT2D eigenvalue weighted by Crippen LogP contribution is 2.18. The third kappa shape index (κ3) is 3.31. The first-order valence-corrected chi connectivity index (χ1v) is 7.22. The number of amides is 1. The molecule has 0 radical (unpaired) electrons. The number of rotatable bonds is 5. The van der Waals surface area contributed by atoms with Crippen LogP contribution in [0.25, 0.3) is 10.9 Å². The maximum absolute atomic E-state index is 13.4. The summed E-state index contributed by atoms with van der Waals surface area (Å²) in [5.41, 5.74) is 0.838. The van der Waals surface area contributed by atoms with E-state index in [0.29, 0.717) is 24.1 Å². The summed E-state index contributed by atoms with van der Waals surface area (Å²) < 4.78 is 18.9. The van der Waals surface area contributed by atoms with Gasteiger partial charge in [-0.15, -0.1) is 0 Å². The van der Waals surface area contributed by atoms with Crippen molar-refractivity contribution in [2.75, 3.05) is 20.2 Å². The fourth-order valence-corrected chi connectivity index (χ4v) is 2.25. The highest BCUT2D eigenvalue weighted by molar-refractivity contribution is 6.04. The van der Waals surface area contributed by atoms with Crippen molar-refractivity contribution in [3.63, 3.8) is 0 Å². The van der Waals surface area contributed by atoms with Crippen LogP contribution in [0.5, 0.6) is 5.75 Å². The second-order valence-corrected chi connectivity index (χ2v) is 5.15. The number of nitrogens with one attached hydrogen (secondary N) is 1. The summed E-state index contributed by atoms with van der Waals surface area (Å²) in [6.45, 7) is 0.764. The van der Waals surface area contributed by atoms with Gasteiger partial charge in [-0.25, -0.2) is 4.39 Å². The number of aromatic amines is 1. The van der Waals surface area contributed by atoms with Crippen molar-refractivity contribution in [2.24, 2.45) is 0 Å². The van der Waals surface area contributed by atoms with Crippen LogP contribution in [0.15, 0.2) is 48.5 Å². The number of likely N-dealkylation sites (N-methyl/N-ethyl adjacent to an activating group) is 1. The number of H-pyrrole nitrogens is 1. The second-order valence-electron chi connectivity index (χ2n) is 5.15. The Morgan fingerprint density at radius 1 is 1.26 bits per heavy atom. The number of halogens is 1. The van der Waals surface area contributed by atoms with Crippen LogP contribution in [-0.4, -0.2) is 41.2 Å². The fourth-order valence-electron chi connectivity index (χ4n) is 2.25. The summed E-state index contributed by atoms with van der Waals surface area (Å²) in [5.74, 6) is 0.0714. The Labute approximate surface area is 132 Å². The first-order chi connectivity index (χ1) is 11.1. The largest absolute Gasteiger partial charge is 0.492 e. The molecule has 0 bridgehead atoms. The van der Waals surface area contributed by atoms with E-state index in [1.54, 1.807) is 13.1 Å². The SMILES string of the molecule is CN(CCOc1ccccc1)C(=O)c1n[nH]c2ccc(F)cc12. The predicted octanol–water partition coefficient (Wildman–Crippen LogP) is 2.85. The van der Waals surface area contributed by atoms with Gasteiger partial charge in [-0.2, -0.15) is 5.10 Å².